The molecule has 2 N–H and O–H groups in total. The number of carbonyl (C=O) groups excluding carboxylic acids is 1. The number of rotatable bonds is 3. The molecule has 0 aliphatic heterocycles. The minimum atomic E-state index is -4.37. The number of aromatic nitrogens is 2. The molecule has 1 aromatic carbocycles. The third-order valence-electron chi connectivity index (χ3n) is 3.58. The topological polar surface area (TPSA) is 67.2 Å². The van der Waals surface area contributed by atoms with Crippen LogP contribution in [0.3, 0.4) is 0 Å². The molecule has 0 aliphatic carbocycles. The summed E-state index contributed by atoms with van der Waals surface area (Å²) < 4.78 is 39.5. The van der Waals surface area contributed by atoms with Gasteiger partial charge in [0.05, 0.1) is 5.56 Å². The van der Waals surface area contributed by atoms with Crippen molar-refractivity contribution in [1.29, 1.82) is 0 Å². The lowest BCUT2D eigenvalue weighted by Crippen LogP contribution is -2.20. The maximum Gasteiger partial charge on any atom is 0.416 e. The third kappa shape index (κ3) is 3.09. The molecule has 24 heavy (non-hydrogen) atoms. The smallest absolute Gasteiger partial charge is 0.328 e. The Balaban J connectivity index is 1.91. The van der Waals surface area contributed by atoms with Crippen molar-refractivity contribution in [2.75, 3.05) is 0 Å². The summed E-state index contributed by atoms with van der Waals surface area (Å²) in [6.45, 7) is 0.304. The lowest BCUT2D eigenvalue weighted by atomic mass is 10.1. The zero-order valence-corrected chi connectivity index (χ0v) is 12.2. The Labute approximate surface area is 134 Å². The average Bonchev–Trinajstić information content (AvgIpc) is 2.96. The molecule has 0 bridgehead atoms. The van der Waals surface area contributed by atoms with E-state index in [1.165, 1.54) is 23.7 Å². The summed E-state index contributed by atoms with van der Waals surface area (Å²) in [5.74, 6) is -0.737. The first-order valence-electron chi connectivity index (χ1n) is 6.95. The zero-order valence-electron chi connectivity index (χ0n) is 12.2. The molecule has 3 aromatic rings. The Morgan fingerprint density at radius 1 is 1.12 bits per heavy atom. The molecule has 0 fully saturated rings. The fraction of sp³-hybridized carbons (Fsp3) is 0.125. The predicted molar refractivity (Wildman–Crippen MR) is 79.5 cm³/mol. The fourth-order valence-electron chi connectivity index (χ4n) is 2.37. The summed E-state index contributed by atoms with van der Waals surface area (Å²) in [6.07, 6.45) is -2.64. The van der Waals surface area contributed by atoms with Gasteiger partial charge in [-0.2, -0.15) is 13.2 Å². The second-order valence-corrected chi connectivity index (χ2v) is 5.19. The fourth-order valence-corrected chi connectivity index (χ4v) is 2.37. The van der Waals surface area contributed by atoms with E-state index in [-0.39, 0.29) is 5.69 Å². The van der Waals surface area contributed by atoms with E-state index in [4.69, 9.17) is 5.21 Å². The van der Waals surface area contributed by atoms with E-state index in [0.717, 1.165) is 17.5 Å². The molecule has 8 heteroatoms. The summed E-state index contributed by atoms with van der Waals surface area (Å²) in [6, 6.07) is 9.79. The maximum atomic E-state index is 12.6. The van der Waals surface area contributed by atoms with Crippen molar-refractivity contribution in [3.63, 3.8) is 0 Å². The van der Waals surface area contributed by atoms with Gasteiger partial charge in [-0.25, -0.2) is 10.5 Å². The van der Waals surface area contributed by atoms with E-state index in [1.807, 2.05) is 0 Å². The van der Waals surface area contributed by atoms with E-state index < -0.39 is 17.6 Å². The van der Waals surface area contributed by atoms with Crippen LogP contribution in [-0.2, 0) is 12.7 Å². The van der Waals surface area contributed by atoms with E-state index in [0.29, 0.717) is 17.8 Å². The lowest BCUT2D eigenvalue weighted by Gasteiger charge is -2.09. The highest BCUT2D eigenvalue weighted by Gasteiger charge is 2.29. The van der Waals surface area contributed by atoms with Crippen LogP contribution in [0.15, 0.2) is 48.7 Å². The molecule has 0 unspecified atom stereocenters. The molecule has 124 valence electrons. The van der Waals surface area contributed by atoms with Gasteiger partial charge in [-0.05, 0) is 35.9 Å². The SMILES string of the molecule is O=C(NO)c1ccc2ccn(Cc3ccc(C(F)(F)F)cc3)c2n1. The molecule has 0 saturated heterocycles. The summed E-state index contributed by atoms with van der Waals surface area (Å²) in [7, 11) is 0. The maximum absolute atomic E-state index is 12.6. The van der Waals surface area contributed by atoms with Crippen molar-refractivity contribution in [2.45, 2.75) is 12.7 Å². The molecule has 0 spiro atoms. The largest absolute Gasteiger partial charge is 0.416 e. The van der Waals surface area contributed by atoms with Gasteiger partial charge in [0, 0.05) is 18.1 Å². The number of hydrogen-bond donors (Lipinski definition) is 2. The van der Waals surface area contributed by atoms with Gasteiger partial charge < -0.3 is 4.57 Å². The number of fused-ring (bicyclic) bond motifs is 1. The van der Waals surface area contributed by atoms with Crippen LogP contribution in [0.1, 0.15) is 21.6 Å². The van der Waals surface area contributed by atoms with Crippen molar-refractivity contribution < 1.29 is 23.2 Å². The van der Waals surface area contributed by atoms with Crippen molar-refractivity contribution >= 4 is 16.9 Å². The molecule has 0 radical (unpaired) electrons. The van der Waals surface area contributed by atoms with Crippen LogP contribution >= 0.6 is 0 Å². The molecular formula is C16H12F3N3O2. The Kier molecular flexibility index (Phi) is 3.98. The second-order valence-electron chi connectivity index (χ2n) is 5.19. The highest BCUT2D eigenvalue weighted by molar-refractivity contribution is 5.93. The van der Waals surface area contributed by atoms with E-state index in [2.05, 4.69) is 4.98 Å². The van der Waals surface area contributed by atoms with Crippen molar-refractivity contribution in [3.05, 3.63) is 65.5 Å². The minimum Gasteiger partial charge on any atom is -0.328 e. The van der Waals surface area contributed by atoms with E-state index in [1.54, 1.807) is 22.9 Å². The Morgan fingerprint density at radius 3 is 2.46 bits per heavy atom. The highest BCUT2D eigenvalue weighted by Crippen LogP contribution is 2.29. The summed E-state index contributed by atoms with van der Waals surface area (Å²) in [4.78, 5) is 15.6. The number of nitrogens with one attached hydrogen (secondary N) is 1. The number of alkyl halides is 3. The standard InChI is InChI=1S/C16H12F3N3O2/c17-16(18,19)12-4-1-10(2-5-12)9-22-8-7-11-3-6-13(15(23)21-24)20-14(11)22/h1-8,24H,9H2,(H,21,23). The van der Waals surface area contributed by atoms with Crippen LogP contribution in [0.5, 0.6) is 0 Å². The third-order valence-corrected chi connectivity index (χ3v) is 3.58. The Bertz CT molecular complexity index is 886. The second kappa shape index (κ2) is 5.97. The number of halogens is 3. The first kappa shape index (κ1) is 16.0. The van der Waals surface area contributed by atoms with Gasteiger partial charge in [0.15, 0.2) is 0 Å². The summed E-state index contributed by atoms with van der Waals surface area (Å²) >= 11 is 0. The summed E-state index contributed by atoms with van der Waals surface area (Å²) in [5, 5.41) is 9.44. The predicted octanol–water partition coefficient (Wildman–Crippen LogP) is 3.22. The quantitative estimate of drug-likeness (QED) is 0.570. The molecule has 0 aliphatic rings. The van der Waals surface area contributed by atoms with E-state index >= 15 is 0 Å². The van der Waals surface area contributed by atoms with Gasteiger partial charge in [0.2, 0.25) is 0 Å². The van der Waals surface area contributed by atoms with Crippen LogP contribution in [0.2, 0.25) is 0 Å². The van der Waals surface area contributed by atoms with Gasteiger partial charge in [-0.1, -0.05) is 12.1 Å². The molecule has 1 amide bonds. The molecule has 2 heterocycles. The monoisotopic (exact) mass is 335 g/mol. The number of nitrogens with zero attached hydrogens (tertiary/aromatic N) is 2. The summed E-state index contributed by atoms with van der Waals surface area (Å²) in [5.41, 5.74) is 2.01. The average molecular weight is 335 g/mol. The Hall–Kier alpha value is -2.87. The highest BCUT2D eigenvalue weighted by atomic mass is 19.4. The van der Waals surface area contributed by atoms with Crippen molar-refractivity contribution in [3.8, 4) is 0 Å². The van der Waals surface area contributed by atoms with Gasteiger partial charge >= 0.3 is 6.18 Å². The van der Waals surface area contributed by atoms with E-state index in [9.17, 15) is 18.0 Å². The number of amides is 1. The van der Waals surface area contributed by atoms with Gasteiger partial charge in [0.1, 0.15) is 11.3 Å². The number of hydrogen-bond acceptors (Lipinski definition) is 3. The first-order chi connectivity index (χ1) is 11.4. The number of pyridine rings is 1. The number of hydroxylamine groups is 1. The molecule has 2 aromatic heterocycles. The van der Waals surface area contributed by atoms with Crippen LogP contribution in [0, 0.1) is 0 Å². The van der Waals surface area contributed by atoms with Crippen LogP contribution in [0.4, 0.5) is 13.2 Å². The van der Waals surface area contributed by atoms with Crippen molar-refractivity contribution in [1.82, 2.24) is 15.0 Å². The van der Waals surface area contributed by atoms with Gasteiger partial charge in [-0.15, -0.1) is 0 Å². The first-order valence-corrected chi connectivity index (χ1v) is 6.95. The lowest BCUT2D eigenvalue weighted by molar-refractivity contribution is -0.137. The minimum absolute atomic E-state index is 0.0392. The molecule has 0 atom stereocenters. The molecule has 3 rings (SSSR count). The molecule has 0 saturated carbocycles. The molecular weight excluding hydrogens is 323 g/mol. The number of benzene rings is 1. The number of carbonyl (C=O) groups is 1. The Morgan fingerprint density at radius 2 is 1.83 bits per heavy atom. The van der Waals surface area contributed by atoms with Gasteiger partial charge in [-0.3, -0.25) is 10.0 Å². The van der Waals surface area contributed by atoms with Crippen LogP contribution in [-0.4, -0.2) is 20.7 Å². The van der Waals surface area contributed by atoms with Crippen molar-refractivity contribution in [2.24, 2.45) is 0 Å². The van der Waals surface area contributed by atoms with Gasteiger partial charge in [0.25, 0.3) is 5.91 Å². The molecule has 5 nitrogen and oxygen atoms in total. The van der Waals surface area contributed by atoms with Crippen LogP contribution in [0.25, 0.3) is 11.0 Å². The normalized spacial score (nSPS) is 11.7. The zero-order chi connectivity index (χ0) is 17.3. The van der Waals surface area contributed by atoms with Crippen LogP contribution < -0.4 is 5.48 Å².